The summed E-state index contributed by atoms with van der Waals surface area (Å²) in [7, 11) is 0. The first-order valence-electron chi connectivity index (χ1n) is 6.95. The van der Waals surface area contributed by atoms with Gasteiger partial charge in [-0.15, -0.1) is 11.8 Å². The first kappa shape index (κ1) is 16.5. The summed E-state index contributed by atoms with van der Waals surface area (Å²) in [6, 6.07) is 13.5. The van der Waals surface area contributed by atoms with E-state index in [4.69, 9.17) is 0 Å². The molecule has 2 rings (SSSR count). The highest BCUT2D eigenvalue weighted by Gasteiger charge is 2.09. The monoisotopic (exact) mass is 321 g/mol. The molecule has 2 nitrogen and oxygen atoms in total. The van der Waals surface area contributed by atoms with E-state index in [1.54, 1.807) is 0 Å². The minimum absolute atomic E-state index is 0.127. The topological polar surface area (TPSA) is 29.1 Å². The minimum atomic E-state index is -0.900. The Bertz CT molecular complexity index is 634. The number of nitrogens with one attached hydrogen (secondary N) is 1. The van der Waals surface area contributed by atoms with Gasteiger partial charge in [0.05, 0.1) is 5.75 Å². The molecule has 0 bridgehead atoms. The molecule has 0 radical (unpaired) electrons. The molecule has 0 aliphatic rings. The highest BCUT2D eigenvalue weighted by atomic mass is 32.2. The Balaban J connectivity index is 1.77. The lowest BCUT2D eigenvalue weighted by Crippen LogP contribution is -2.28. The summed E-state index contributed by atoms with van der Waals surface area (Å²) in [5.74, 6) is -1.52. The lowest BCUT2D eigenvalue weighted by Gasteiger charge is -2.13. The molecular weight excluding hydrogens is 304 g/mol. The maximum atomic E-state index is 13.1. The third-order valence-electron chi connectivity index (χ3n) is 3.24. The van der Waals surface area contributed by atoms with Gasteiger partial charge in [0, 0.05) is 11.4 Å². The molecule has 5 heteroatoms. The van der Waals surface area contributed by atoms with Crippen molar-refractivity contribution in [1.29, 1.82) is 0 Å². The molecule has 22 heavy (non-hydrogen) atoms. The van der Waals surface area contributed by atoms with Gasteiger partial charge in [-0.25, -0.2) is 8.78 Å². The van der Waals surface area contributed by atoms with Crippen LogP contribution in [0.5, 0.6) is 0 Å². The zero-order valence-electron chi connectivity index (χ0n) is 12.2. The van der Waals surface area contributed by atoms with Crippen LogP contribution in [0.2, 0.25) is 0 Å². The van der Waals surface area contributed by atoms with Crippen LogP contribution in [0.25, 0.3) is 0 Å². The number of thioether (sulfide) groups is 1. The molecule has 0 spiro atoms. The summed E-state index contributed by atoms with van der Waals surface area (Å²) in [6.07, 6.45) is 0. The summed E-state index contributed by atoms with van der Waals surface area (Å²) in [6.45, 7) is 2.58. The summed E-state index contributed by atoms with van der Waals surface area (Å²) in [4.78, 5) is 12.3. The fourth-order valence-corrected chi connectivity index (χ4v) is 2.68. The second-order valence-electron chi connectivity index (χ2n) is 4.98. The summed E-state index contributed by atoms with van der Waals surface area (Å²) in [5, 5.41) is 2.85. The molecule has 2 aromatic carbocycles. The quantitative estimate of drug-likeness (QED) is 0.816. The maximum absolute atomic E-state index is 13.1. The molecule has 0 aromatic heterocycles. The zero-order valence-corrected chi connectivity index (χ0v) is 13.0. The van der Waals surface area contributed by atoms with Crippen molar-refractivity contribution < 1.29 is 13.6 Å². The Morgan fingerprint density at radius 3 is 2.55 bits per heavy atom. The van der Waals surface area contributed by atoms with Crippen LogP contribution in [0, 0.1) is 11.6 Å². The highest BCUT2D eigenvalue weighted by molar-refractivity contribution is 8.00. The number of benzene rings is 2. The average Bonchev–Trinajstić information content (AvgIpc) is 2.54. The minimum Gasteiger partial charge on any atom is -0.355 e. The van der Waals surface area contributed by atoms with Crippen molar-refractivity contribution in [3.8, 4) is 0 Å². The van der Waals surface area contributed by atoms with Gasteiger partial charge in [0.15, 0.2) is 11.6 Å². The van der Waals surface area contributed by atoms with Crippen LogP contribution >= 0.6 is 11.8 Å². The summed E-state index contributed by atoms with van der Waals surface area (Å²) >= 11 is 1.18. The van der Waals surface area contributed by atoms with Crippen LogP contribution in [0.4, 0.5) is 8.78 Å². The van der Waals surface area contributed by atoms with Gasteiger partial charge < -0.3 is 5.32 Å². The lowest BCUT2D eigenvalue weighted by atomic mass is 10.0. The molecule has 0 aliphatic carbocycles. The third-order valence-corrected chi connectivity index (χ3v) is 4.23. The van der Waals surface area contributed by atoms with Crippen LogP contribution in [-0.2, 0) is 4.79 Å². The fraction of sp³-hybridized carbons (Fsp3) is 0.235. The van der Waals surface area contributed by atoms with E-state index in [1.165, 1.54) is 17.8 Å². The molecule has 0 saturated carbocycles. The van der Waals surface area contributed by atoms with Gasteiger partial charge in [0.1, 0.15) is 0 Å². The molecule has 0 fully saturated rings. The second kappa shape index (κ2) is 7.94. The average molecular weight is 321 g/mol. The molecule has 0 heterocycles. The molecule has 0 unspecified atom stereocenters. The predicted molar refractivity (Wildman–Crippen MR) is 84.9 cm³/mol. The largest absolute Gasteiger partial charge is 0.355 e. The number of hydrogen-bond donors (Lipinski definition) is 1. The molecule has 0 saturated heterocycles. The SMILES string of the molecule is C[C@H](CNC(=O)CSc1ccc(F)c(F)c1)c1ccccc1. The molecule has 1 amide bonds. The van der Waals surface area contributed by atoms with Gasteiger partial charge in [-0.05, 0) is 29.7 Å². The number of hydrogen-bond acceptors (Lipinski definition) is 2. The van der Waals surface area contributed by atoms with E-state index in [1.807, 2.05) is 37.3 Å². The van der Waals surface area contributed by atoms with E-state index in [-0.39, 0.29) is 17.6 Å². The van der Waals surface area contributed by atoms with Gasteiger partial charge in [-0.1, -0.05) is 37.3 Å². The van der Waals surface area contributed by atoms with Crippen LogP contribution in [0.15, 0.2) is 53.4 Å². The maximum Gasteiger partial charge on any atom is 0.230 e. The van der Waals surface area contributed by atoms with Crippen molar-refractivity contribution in [2.24, 2.45) is 0 Å². The van der Waals surface area contributed by atoms with E-state index >= 15 is 0 Å². The van der Waals surface area contributed by atoms with E-state index < -0.39 is 11.6 Å². The first-order chi connectivity index (χ1) is 10.6. The fourth-order valence-electron chi connectivity index (χ4n) is 1.93. The number of rotatable bonds is 6. The Hall–Kier alpha value is -1.88. The van der Waals surface area contributed by atoms with Gasteiger partial charge in [0.2, 0.25) is 5.91 Å². The lowest BCUT2D eigenvalue weighted by molar-refractivity contribution is -0.118. The predicted octanol–water partition coefficient (Wildman–Crippen LogP) is 3.98. The number of carbonyl (C=O) groups is 1. The van der Waals surface area contributed by atoms with Crippen molar-refractivity contribution in [2.45, 2.75) is 17.7 Å². The van der Waals surface area contributed by atoms with Crippen molar-refractivity contribution >= 4 is 17.7 Å². The Morgan fingerprint density at radius 2 is 1.86 bits per heavy atom. The van der Waals surface area contributed by atoms with Crippen LogP contribution in [0.1, 0.15) is 18.4 Å². The molecule has 1 N–H and O–H groups in total. The van der Waals surface area contributed by atoms with Gasteiger partial charge >= 0.3 is 0 Å². The van der Waals surface area contributed by atoms with Crippen molar-refractivity contribution in [3.63, 3.8) is 0 Å². The van der Waals surface area contributed by atoms with Gasteiger partial charge in [-0.2, -0.15) is 0 Å². The Labute approximate surface area is 132 Å². The normalized spacial score (nSPS) is 12.0. The third kappa shape index (κ3) is 4.84. The van der Waals surface area contributed by atoms with Crippen LogP contribution < -0.4 is 5.32 Å². The molecule has 2 aromatic rings. The molecular formula is C17H17F2NOS. The summed E-state index contributed by atoms with van der Waals surface area (Å²) in [5.41, 5.74) is 1.16. The molecule has 1 atom stereocenters. The van der Waals surface area contributed by atoms with E-state index in [2.05, 4.69) is 5.32 Å². The van der Waals surface area contributed by atoms with E-state index in [0.717, 1.165) is 17.7 Å². The number of halogens is 2. The Kier molecular flexibility index (Phi) is 5.95. The second-order valence-corrected chi connectivity index (χ2v) is 6.03. The van der Waals surface area contributed by atoms with Crippen LogP contribution in [-0.4, -0.2) is 18.2 Å². The first-order valence-corrected chi connectivity index (χ1v) is 7.94. The molecule has 116 valence electrons. The van der Waals surface area contributed by atoms with Crippen molar-refractivity contribution in [1.82, 2.24) is 5.32 Å². The zero-order chi connectivity index (χ0) is 15.9. The van der Waals surface area contributed by atoms with E-state index in [0.29, 0.717) is 11.4 Å². The van der Waals surface area contributed by atoms with Crippen molar-refractivity contribution in [2.75, 3.05) is 12.3 Å². The van der Waals surface area contributed by atoms with Gasteiger partial charge in [0.25, 0.3) is 0 Å². The highest BCUT2D eigenvalue weighted by Crippen LogP contribution is 2.20. The van der Waals surface area contributed by atoms with Gasteiger partial charge in [-0.3, -0.25) is 4.79 Å². The standard InChI is InChI=1S/C17H17F2NOS/c1-12(13-5-3-2-4-6-13)10-20-17(21)11-22-14-7-8-15(18)16(19)9-14/h2-9,12H,10-11H2,1H3,(H,20,21)/t12-/m1/s1. The van der Waals surface area contributed by atoms with E-state index in [9.17, 15) is 13.6 Å². The number of amides is 1. The van der Waals surface area contributed by atoms with Crippen molar-refractivity contribution in [3.05, 3.63) is 65.7 Å². The van der Waals surface area contributed by atoms with Crippen LogP contribution in [0.3, 0.4) is 0 Å². The molecule has 0 aliphatic heterocycles. The number of carbonyl (C=O) groups excluding carboxylic acids is 1. The Morgan fingerprint density at radius 1 is 1.14 bits per heavy atom. The smallest absolute Gasteiger partial charge is 0.230 e. The summed E-state index contributed by atoms with van der Waals surface area (Å²) < 4.78 is 25.9.